The minimum Gasteiger partial charge on any atom is -0.485 e. The molecule has 132 valence electrons. The first-order chi connectivity index (χ1) is 11.9. The topological polar surface area (TPSA) is 84.6 Å². The van der Waals surface area contributed by atoms with Gasteiger partial charge in [-0.15, -0.1) is 0 Å². The first kappa shape index (κ1) is 17.6. The molecule has 5 nitrogen and oxygen atoms in total. The fraction of sp³-hybridized carbons (Fsp3) is 0.350. The number of carbonyl (C=O) groups excluding carboxylic acids is 1. The highest BCUT2D eigenvalue weighted by atomic mass is 16.5. The van der Waals surface area contributed by atoms with Gasteiger partial charge in [0.2, 0.25) is 0 Å². The molecule has 3 rings (SSSR count). The maximum absolute atomic E-state index is 12.4. The van der Waals surface area contributed by atoms with Gasteiger partial charge in [0.05, 0.1) is 12.6 Å². The van der Waals surface area contributed by atoms with Gasteiger partial charge in [-0.05, 0) is 37.6 Å². The first-order valence-electron chi connectivity index (χ1n) is 8.43. The molecule has 0 amide bonds. The van der Waals surface area contributed by atoms with Gasteiger partial charge in [0.25, 0.3) is 0 Å². The number of nitrogens with one attached hydrogen (secondary N) is 1. The fourth-order valence-corrected chi connectivity index (χ4v) is 3.04. The zero-order chi connectivity index (χ0) is 18.0. The van der Waals surface area contributed by atoms with E-state index in [9.17, 15) is 9.90 Å². The number of benzene rings is 2. The van der Waals surface area contributed by atoms with Crippen molar-refractivity contribution >= 4 is 5.78 Å². The third kappa shape index (κ3) is 3.74. The number of ether oxygens (including phenoxy) is 1. The molecular weight excluding hydrogens is 316 g/mol. The second-order valence-corrected chi connectivity index (χ2v) is 6.94. The van der Waals surface area contributed by atoms with Crippen LogP contribution in [0.2, 0.25) is 0 Å². The number of ketones is 1. The van der Waals surface area contributed by atoms with Gasteiger partial charge in [0.1, 0.15) is 17.5 Å². The van der Waals surface area contributed by atoms with Crippen molar-refractivity contribution in [3.05, 3.63) is 65.2 Å². The number of carbonyl (C=O) groups is 1. The van der Waals surface area contributed by atoms with Gasteiger partial charge in [-0.25, -0.2) is 0 Å². The lowest BCUT2D eigenvalue weighted by atomic mass is 9.86. The standard InChI is InChI=1S/C20H24N2O3/c1-20(2)19(24)18(21)15-10-14(8-9-17(15)25-20)16(23)12-22-11-13-6-4-3-5-7-13/h3-10,18-19,22,24H,11-12,21H2,1-2H3/t18-,19+/m1/s1. The Morgan fingerprint density at radius 3 is 2.68 bits per heavy atom. The summed E-state index contributed by atoms with van der Waals surface area (Å²) in [5, 5.41) is 13.5. The Balaban J connectivity index is 1.68. The molecule has 0 saturated heterocycles. The van der Waals surface area contributed by atoms with Crippen LogP contribution in [0.25, 0.3) is 0 Å². The molecule has 2 aromatic rings. The summed E-state index contributed by atoms with van der Waals surface area (Å²) in [5.41, 5.74) is 7.75. The van der Waals surface area contributed by atoms with Crippen molar-refractivity contribution < 1.29 is 14.6 Å². The predicted octanol–water partition coefficient (Wildman–Crippen LogP) is 2.19. The lowest BCUT2D eigenvalue weighted by Crippen LogP contribution is -2.51. The normalized spacial score (nSPS) is 21.3. The van der Waals surface area contributed by atoms with Crippen molar-refractivity contribution in [2.24, 2.45) is 5.73 Å². The highest BCUT2D eigenvalue weighted by molar-refractivity contribution is 5.98. The molecule has 0 bridgehead atoms. The second-order valence-electron chi connectivity index (χ2n) is 6.94. The van der Waals surface area contributed by atoms with Gasteiger partial charge in [0.15, 0.2) is 5.78 Å². The lowest BCUT2D eigenvalue weighted by molar-refractivity contribution is -0.0571. The van der Waals surface area contributed by atoms with Crippen molar-refractivity contribution in [2.45, 2.75) is 38.1 Å². The van der Waals surface area contributed by atoms with Gasteiger partial charge in [-0.3, -0.25) is 4.79 Å². The van der Waals surface area contributed by atoms with E-state index in [4.69, 9.17) is 10.5 Å². The Morgan fingerprint density at radius 2 is 1.96 bits per heavy atom. The second kappa shape index (κ2) is 6.96. The zero-order valence-electron chi connectivity index (χ0n) is 14.5. The van der Waals surface area contributed by atoms with Gasteiger partial charge >= 0.3 is 0 Å². The smallest absolute Gasteiger partial charge is 0.176 e. The van der Waals surface area contributed by atoms with E-state index in [1.807, 2.05) is 30.3 Å². The van der Waals surface area contributed by atoms with Crippen molar-refractivity contribution in [2.75, 3.05) is 6.54 Å². The number of aliphatic hydroxyl groups excluding tert-OH is 1. The molecule has 2 atom stereocenters. The minimum absolute atomic E-state index is 0.0229. The Hall–Kier alpha value is -2.21. The van der Waals surface area contributed by atoms with E-state index in [-0.39, 0.29) is 12.3 Å². The van der Waals surface area contributed by atoms with Gasteiger partial charge in [0, 0.05) is 17.7 Å². The van der Waals surface area contributed by atoms with Gasteiger partial charge < -0.3 is 20.9 Å². The molecule has 0 aliphatic carbocycles. The molecule has 0 fully saturated rings. The van der Waals surface area contributed by atoms with E-state index in [1.54, 1.807) is 32.0 Å². The van der Waals surface area contributed by atoms with Crippen LogP contribution in [-0.2, 0) is 6.54 Å². The Bertz CT molecular complexity index is 759. The zero-order valence-corrected chi connectivity index (χ0v) is 14.5. The van der Waals surface area contributed by atoms with E-state index in [2.05, 4.69) is 5.32 Å². The summed E-state index contributed by atoms with van der Waals surface area (Å²) in [5.74, 6) is 0.599. The molecule has 4 N–H and O–H groups in total. The summed E-state index contributed by atoms with van der Waals surface area (Å²) in [7, 11) is 0. The largest absolute Gasteiger partial charge is 0.485 e. The molecule has 2 aromatic carbocycles. The Morgan fingerprint density at radius 1 is 1.24 bits per heavy atom. The Kier molecular flexibility index (Phi) is 4.90. The SMILES string of the molecule is CC1(C)Oc2ccc(C(=O)CNCc3ccccc3)cc2[C@@H](N)[C@@H]1O. The first-order valence-corrected chi connectivity index (χ1v) is 8.43. The fourth-order valence-electron chi connectivity index (χ4n) is 3.04. The van der Waals surface area contributed by atoms with E-state index in [0.717, 1.165) is 5.56 Å². The number of fused-ring (bicyclic) bond motifs is 1. The monoisotopic (exact) mass is 340 g/mol. The highest BCUT2D eigenvalue weighted by Gasteiger charge is 2.41. The average molecular weight is 340 g/mol. The molecule has 1 heterocycles. The van der Waals surface area contributed by atoms with Crippen LogP contribution in [-0.4, -0.2) is 29.1 Å². The molecule has 25 heavy (non-hydrogen) atoms. The summed E-state index contributed by atoms with van der Waals surface area (Å²) in [4.78, 5) is 12.4. The third-order valence-electron chi connectivity index (χ3n) is 4.57. The third-order valence-corrected chi connectivity index (χ3v) is 4.57. The molecule has 0 spiro atoms. The van der Waals surface area contributed by atoms with Crippen LogP contribution in [0.1, 0.15) is 41.4 Å². The molecule has 1 aliphatic heterocycles. The molecule has 0 aromatic heterocycles. The van der Waals surface area contributed by atoms with Crippen molar-refractivity contribution in [3.8, 4) is 5.75 Å². The predicted molar refractivity (Wildman–Crippen MR) is 96.6 cm³/mol. The molecule has 0 unspecified atom stereocenters. The molecule has 0 radical (unpaired) electrons. The summed E-state index contributed by atoms with van der Waals surface area (Å²) in [6.07, 6.45) is -0.832. The lowest BCUT2D eigenvalue weighted by Gasteiger charge is -2.40. The van der Waals surface area contributed by atoms with Crippen LogP contribution in [0.3, 0.4) is 0 Å². The number of hydrogen-bond acceptors (Lipinski definition) is 5. The maximum atomic E-state index is 12.4. The maximum Gasteiger partial charge on any atom is 0.176 e. The number of rotatable bonds is 5. The van der Waals surface area contributed by atoms with E-state index in [0.29, 0.717) is 23.4 Å². The Labute approximate surface area is 147 Å². The molecule has 1 aliphatic rings. The summed E-state index contributed by atoms with van der Waals surface area (Å²) < 4.78 is 5.82. The van der Waals surface area contributed by atoms with Crippen LogP contribution in [0.4, 0.5) is 0 Å². The number of aliphatic hydroxyl groups is 1. The van der Waals surface area contributed by atoms with Crippen LogP contribution in [0.15, 0.2) is 48.5 Å². The summed E-state index contributed by atoms with van der Waals surface area (Å²) in [6.45, 7) is 4.46. The average Bonchev–Trinajstić information content (AvgIpc) is 2.60. The molecule has 5 heteroatoms. The van der Waals surface area contributed by atoms with E-state index >= 15 is 0 Å². The van der Waals surface area contributed by atoms with Gasteiger partial charge in [-0.2, -0.15) is 0 Å². The van der Waals surface area contributed by atoms with E-state index in [1.165, 1.54) is 0 Å². The van der Waals surface area contributed by atoms with Crippen LogP contribution in [0, 0.1) is 0 Å². The summed E-state index contributed by atoms with van der Waals surface area (Å²) in [6, 6.07) is 14.6. The highest BCUT2D eigenvalue weighted by Crippen LogP contribution is 2.38. The number of hydrogen-bond donors (Lipinski definition) is 3. The molecular formula is C20H24N2O3. The van der Waals surface area contributed by atoms with Crippen LogP contribution in [0.5, 0.6) is 5.75 Å². The summed E-state index contributed by atoms with van der Waals surface area (Å²) >= 11 is 0. The van der Waals surface area contributed by atoms with Crippen molar-refractivity contribution in [1.82, 2.24) is 5.32 Å². The van der Waals surface area contributed by atoms with Crippen molar-refractivity contribution in [1.29, 1.82) is 0 Å². The minimum atomic E-state index is -0.832. The van der Waals surface area contributed by atoms with Crippen molar-refractivity contribution in [3.63, 3.8) is 0 Å². The number of nitrogens with two attached hydrogens (primary N) is 1. The van der Waals surface area contributed by atoms with Crippen LogP contribution >= 0.6 is 0 Å². The van der Waals surface area contributed by atoms with Gasteiger partial charge in [-0.1, -0.05) is 30.3 Å². The number of Topliss-reactive ketones (excluding diaryl/α,β-unsaturated/α-hetero) is 1. The molecule has 0 saturated carbocycles. The van der Waals surface area contributed by atoms with E-state index < -0.39 is 17.7 Å². The quantitative estimate of drug-likeness (QED) is 0.727. The van der Waals surface area contributed by atoms with Crippen LogP contribution < -0.4 is 15.8 Å².